The van der Waals surface area contributed by atoms with Crippen LogP contribution in [0, 0.1) is 0 Å². The Labute approximate surface area is 328 Å². The number of hydrogen-bond donors (Lipinski definition) is 1. The largest absolute Gasteiger partial charge is 0.507 e. The molecule has 270 valence electrons. The summed E-state index contributed by atoms with van der Waals surface area (Å²) in [6.45, 7) is 0. The fraction of sp³-hybridized carbons (Fsp3) is 0. The summed E-state index contributed by atoms with van der Waals surface area (Å²) < 4.78 is 13.0. The van der Waals surface area contributed by atoms with Crippen molar-refractivity contribution in [2.75, 3.05) is 9.80 Å². The number of nitrogens with zero attached hydrogens (tertiary/aromatic N) is 2. The van der Waals surface area contributed by atoms with Crippen molar-refractivity contribution in [1.29, 1.82) is 0 Å². The summed E-state index contributed by atoms with van der Waals surface area (Å²) in [6.07, 6.45) is 0. The Kier molecular flexibility index (Phi) is 7.57. The standard InChI is InChI=1S/C52H34N2O3/c55-46-25-14-24-44(51(46)34-15-4-1-5-16-34)53(35-17-6-2-7-18-35)38-28-30-49-43(32-38)52-41-23-11-10-21-39(41)45(33-50(52)57-49)54(36-19-8-3-9-20-36)37-27-29-48-42(31-37)40-22-12-13-26-47(40)56-48/h1-33,55H. The van der Waals surface area contributed by atoms with E-state index in [-0.39, 0.29) is 5.75 Å². The minimum atomic E-state index is 0.219. The summed E-state index contributed by atoms with van der Waals surface area (Å²) in [5.74, 6) is 0.219. The molecule has 5 heteroatoms. The van der Waals surface area contributed by atoms with Gasteiger partial charge in [0.05, 0.1) is 11.4 Å². The van der Waals surface area contributed by atoms with Gasteiger partial charge in [0, 0.05) is 61.3 Å². The average molecular weight is 735 g/mol. The van der Waals surface area contributed by atoms with Gasteiger partial charge in [-0.3, -0.25) is 0 Å². The molecular formula is C52H34N2O3. The van der Waals surface area contributed by atoms with Gasteiger partial charge in [-0.1, -0.05) is 115 Å². The Morgan fingerprint density at radius 3 is 1.56 bits per heavy atom. The quantitative estimate of drug-likeness (QED) is 0.177. The molecule has 0 radical (unpaired) electrons. The molecule has 1 N–H and O–H groups in total. The summed E-state index contributed by atoms with van der Waals surface area (Å²) in [7, 11) is 0. The van der Waals surface area contributed by atoms with E-state index in [0.29, 0.717) is 0 Å². The molecule has 2 aromatic heterocycles. The molecule has 0 atom stereocenters. The molecule has 9 aromatic carbocycles. The molecule has 0 aliphatic heterocycles. The fourth-order valence-electron chi connectivity index (χ4n) is 8.41. The SMILES string of the molecule is Oc1cccc(N(c2ccccc2)c2ccc3oc4cc(N(c5ccccc5)c5ccc6oc7ccccc7c6c5)c5ccccc5c4c3c2)c1-c1ccccc1. The highest BCUT2D eigenvalue weighted by Crippen LogP contribution is 2.48. The molecular weight excluding hydrogens is 701 g/mol. The van der Waals surface area contributed by atoms with E-state index in [0.717, 1.165) is 99.9 Å². The normalized spacial score (nSPS) is 11.6. The van der Waals surface area contributed by atoms with Crippen LogP contribution in [0.25, 0.3) is 65.8 Å². The lowest BCUT2D eigenvalue weighted by molar-refractivity contribution is 0.477. The van der Waals surface area contributed by atoms with Crippen molar-refractivity contribution in [3.63, 3.8) is 0 Å². The van der Waals surface area contributed by atoms with Gasteiger partial charge in [0.1, 0.15) is 28.1 Å². The van der Waals surface area contributed by atoms with E-state index in [1.807, 2.05) is 72.8 Å². The third-order valence-electron chi connectivity index (χ3n) is 10.9. The van der Waals surface area contributed by atoms with Gasteiger partial charge in [0.25, 0.3) is 0 Å². The molecule has 0 saturated heterocycles. The topological polar surface area (TPSA) is 53.0 Å². The summed E-state index contributed by atoms with van der Waals surface area (Å²) >= 11 is 0. The number of aromatic hydroxyl groups is 1. The third-order valence-corrected chi connectivity index (χ3v) is 10.9. The van der Waals surface area contributed by atoms with Crippen molar-refractivity contribution < 1.29 is 13.9 Å². The van der Waals surface area contributed by atoms with Crippen LogP contribution in [0.3, 0.4) is 0 Å². The molecule has 2 heterocycles. The lowest BCUT2D eigenvalue weighted by Gasteiger charge is -2.28. The van der Waals surface area contributed by atoms with Gasteiger partial charge in [0.2, 0.25) is 0 Å². The molecule has 0 amide bonds. The summed E-state index contributed by atoms with van der Waals surface area (Å²) in [6, 6.07) is 68.3. The lowest BCUT2D eigenvalue weighted by atomic mass is 9.99. The molecule has 0 aliphatic carbocycles. The first kappa shape index (κ1) is 32.7. The van der Waals surface area contributed by atoms with Crippen molar-refractivity contribution in [1.82, 2.24) is 0 Å². The predicted molar refractivity (Wildman–Crippen MR) is 235 cm³/mol. The van der Waals surface area contributed by atoms with Crippen LogP contribution in [0.4, 0.5) is 34.1 Å². The van der Waals surface area contributed by atoms with E-state index in [1.54, 1.807) is 6.07 Å². The summed E-state index contributed by atoms with van der Waals surface area (Å²) in [4.78, 5) is 4.52. The third kappa shape index (κ3) is 5.40. The number of hydrogen-bond acceptors (Lipinski definition) is 5. The van der Waals surface area contributed by atoms with Crippen LogP contribution in [-0.2, 0) is 0 Å². The van der Waals surface area contributed by atoms with Gasteiger partial charge in [-0.15, -0.1) is 0 Å². The van der Waals surface area contributed by atoms with Crippen LogP contribution in [0.1, 0.15) is 0 Å². The Hall–Kier alpha value is -7.76. The molecule has 0 bridgehead atoms. The molecule has 57 heavy (non-hydrogen) atoms. The smallest absolute Gasteiger partial charge is 0.138 e. The first-order valence-electron chi connectivity index (χ1n) is 19.1. The van der Waals surface area contributed by atoms with Crippen LogP contribution in [-0.4, -0.2) is 5.11 Å². The first-order chi connectivity index (χ1) is 28.2. The van der Waals surface area contributed by atoms with E-state index in [2.05, 4.69) is 131 Å². The molecule has 0 spiro atoms. The van der Waals surface area contributed by atoms with Crippen molar-refractivity contribution in [2.45, 2.75) is 0 Å². The maximum absolute atomic E-state index is 11.4. The summed E-state index contributed by atoms with van der Waals surface area (Å²) in [5.41, 5.74) is 10.8. The highest BCUT2D eigenvalue weighted by molar-refractivity contribution is 6.23. The Morgan fingerprint density at radius 1 is 0.333 bits per heavy atom. The molecule has 0 unspecified atom stereocenters. The number of anilines is 6. The van der Waals surface area contributed by atoms with Gasteiger partial charge >= 0.3 is 0 Å². The summed E-state index contributed by atoms with van der Waals surface area (Å²) in [5, 5.41) is 17.7. The van der Waals surface area contributed by atoms with Gasteiger partial charge in [-0.25, -0.2) is 0 Å². The zero-order chi connectivity index (χ0) is 37.9. The molecule has 0 fully saturated rings. The second kappa shape index (κ2) is 13.2. The van der Waals surface area contributed by atoms with Crippen LogP contribution in [0.2, 0.25) is 0 Å². The number of phenolic OH excluding ortho intramolecular Hbond substituents is 1. The van der Waals surface area contributed by atoms with Crippen molar-refractivity contribution in [3.8, 4) is 16.9 Å². The van der Waals surface area contributed by atoms with Crippen LogP contribution in [0.15, 0.2) is 209 Å². The molecule has 0 saturated carbocycles. The van der Waals surface area contributed by atoms with E-state index in [9.17, 15) is 5.11 Å². The highest BCUT2D eigenvalue weighted by Gasteiger charge is 2.24. The van der Waals surface area contributed by atoms with Crippen molar-refractivity contribution in [2.24, 2.45) is 0 Å². The van der Waals surface area contributed by atoms with Gasteiger partial charge in [-0.05, 0) is 89.8 Å². The zero-order valence-corrected chi connectivity index (χ0v) is 30.7. The maximum Gasteiger partial charge on any atom is 0.138 e. The van der Waals surface area contributed by atoms with E-state index >= 15 is 0 Å². The average Bonchev–Trinajstić information content (AvgIpc) is 3.83. The highest BCUT2D eigenvalue weighted by atomic mass is 16.3. The Balaban J connectivity index is 1.14. The van der Waals surface area contributed by atoms with E-state index in [1.165, 1.54) is 0 Å². The number of para-hydroxylation sites is 3. The van der Waals surface area contributed by atoms with Gasteiger partial charge < -0.3 is 23.7 Å². The number of fused-ring (bicyclic) bond motifs is 8. The maximum atomic E-state index is 11.4. The fourth-order valence-corrected chi connectivity index (χ4v) is 8.41. The van der Waals surface area contributed by atoms with Crippen molar-refractivity contribution >= 4 is 88.8 Å². The predicted octanol–water partition coefficient (Wildman–Crippen LogP) is 15.0. The first-order valence-corrected chi connectivity index (χ1v) is 19.1. The minimum absolute atomic E-state index is 0.219. The van der Waals surface area contributed by atoms with E-state index < -0.39 is 0 Å². The van der Waals surface area contributed by atoms with E-state index in [4.69, 9.17) is 8.83 Å². The molecule has 11 rings (SSSR count). The van der Waals surface area contributed by atoms with Crippen LogP contribution >= 0.6 is 0 Å². The zero-order valence-electron chi connectivity index (χ0n) is 30.7. The molecule has 0 aliphatic rings. The minimum Gasteiger partial charge on any atom is -0.507 e. The van der Waals surface area contributed by atoms with Crippen LogP contribution < -0.4 is 9.80 Å². The monoisotopic (exact) mass is 734 g/mol. The van der Waals surface area contributed by atoms with Crippen LogP contribution in [0.5, 0.6) is 5.75 Å². The molecule has 11 aromatic rings. The number of furan rings is 2. The Morgan fingerprint density at radius 2 is 0.860 bits per heavy atom. The van der Waals surface area contributed by atoms with Gasteiger partial charge in [0.15, 0.2) is 0 Å². The number of benzene rings is 9. The second-order valence-electron chi connectivity index (χ2n) is 14.3. The molecule has 5 nitrogen and oxygen atoms in total. The number of rotatable bonds is 7. The number of phenols is 1. The second-order valence-corrected chi connectivity index (χ2v) is 14.3. The lowest BCUT2D eigenvalue weighted by Crippen LogP contribution is -2.11. The van der Waals surface area contributed by atoms with Crippen molar-refractivity contribution in [3.05, 3.63) is 200 Å². The Bertz CT molecular complexity index is 3260. The van der Waals surface area contributed by atoms with Gasteiger partial charge in [-0.2, -0.15) is 0 Å².